The molecule has 3 rings (SSSR count). The molecule has 2 heterocycles. The molecule has 0 radical (unpaired) electrons. The SMILES string of the molecule is O=C(c1cc(=O)c2cccc(F)c2[nH]1)N1CCC(O)(C(=O)O)CC1. The molecule has 1 aromatic carbocycles. The van der Waals surface area contributed by atoms with E-state index in [1.165, 1.54) is 23.1 Å². The fraction of sp³-hybridized carbons (Fsp3) is 0.312. The largest absolute Gasteiger partial charge is 0.479 e. The van der Waals surface area contributed by atoms with Gasteiger partial charge in [-0.05, 0) is 12.1 Å². The van der Waals surface area contributed by atoms with Crippen molar-refractivity contribution in [3.8, 4) is 0 Å². The fourth-order valence-electron chi connectivity index (χ4n) is 2.82. The molecule has 0 aliphatic carbocycles. The Labute approximate surface area is 135 Å². The Morgan fingerprint density at radius 2 is 1.92 bits per heavy atom. The van der Waals surface area contributed by atoms with Crippen molar-refractivity contribution in [3.05, 3.63) is 46.0 Å². The number of nitrogens with one attached hydrogen (secondary N) is 1. The van der Waals surface area contributed by atoms with Crippen LogP contribution in [0.2, 0.25) is 0 Å². The molecule has 2 aromatic rings. The van der Waals surface area contributed by atoms with E-state index < -0.39 is 28.7 Å². The Balaban J connectivity index is 1.89. The van der Waals surface area contributed by atoms with Crippen LogP contribution in [-0.2, 0) is 4.79 Å². The maximum Gasteiger partial charge on any atom is 0.335 e. The number of fused-ring (bicyclic) bond motifs is 1. The number of aromatic amines is 1. The second-order valence-corrected chi connectivity index (χ2v) is 5.84. The first-order valence-corrected chi connectivity index (χ1v) is 7.38. The zero-order valence-electron chi connectivity index (χ0n) is 12.6. The van der Waals surface area contributed by atoms with Crippen LogP contribution in [0.25, 0.3) is 10.9 Å². The Bertz CT molecular complexity index is 884. The Morgan fingerprint density at radius 3 is 2.54 bits per heavy atom. The molecule has 0 saturated carbocycles. The van der Waals surface area contributed by atoms with Gasteiger partial charge in [-0.1, -0.05) is 6.07 Å². The molecule has 1 saturated heterocycles. The van der Waals surface area contributed by atoms with Crippen molar-refractivity contribution in [3.63, 3.8) is 0 Å². The Morgan fingerprint density at radius 1 is 1.25 bits per heavy atom. The van der Waals surface area contributed by atoms with Crippen LogP contribution in [0.5, 0.6) is 0 Å². The lowest BCUT2D eigenvalue weighted by molar-refractivity contribution is -0.162. The number of H-pyrrole nitrogens is 1. The molecule has 126 valence electrons. The van der Waals surface area contributed by atoms with Crippen LogP contribution in [0.15, 0.2) is 29.1 Å². The average molecular weight is 334 g/mol. The molecule has 7 nitrogen and oxygen atoms in total. The average Bonchev–Trinajstić information content (AvgIpc) is 2.55. The van der Waals surface area contributed by atoms with Crippen molar-refractivity contribution in [1.82, 2.24) is 9.88 Å². The summed E-state index contributed by atoms with van der Waals surface area (Å²) in [4.78, 5) is 39.5. The summed E-state index contributed by atoms with van der Waals surface area (Å²) in [6.45, 7) is 0.0535. The highest BCUT2D eigenvalue weighted by Crippen LogP contribution is 2.23. The number of carboxylic acid groups (broad SMARTS) is 1. The Hall–Kier alpha value is -2.74. The number of benzene rings is 1. The van der Waals surface area contributed by atoms with Crippen molar-refractivity contribution in [2.45, 2.75) is 18.4 Å². The summed E-state index contributed by atoms with van der Waals surface area (Å²) in [7, 11) is 0. The molecule has 1 fully saturated rings. The van der Waals surface area contributed by atoms with E-state index in [9.17, 15) is 23.9 Å². The minimum Gasteiger partial charge on any atom is -0.479 e. The first-order valence-electron chi connectivity index (χ1n) is 7.38. The minimum absolute atomic E-state index is 0.0268. The molecule has 0 atom stereocenters. The highest BCUT2D eigenvalue weighted by Gasteiger charge is 2.40. The highest BCUT2D eigenvalue weighted by molar-refractivity contribution is 5.95. The van der Waals surface area contributed by atoms with Crippen LogP contribution in [-0.4, -0.2) is 50.7 Å². The maximum atomic E-state index is 13.8. The van der Waals surface area contributed by atoms with Crippen molar-refractivity contribution >= 4 is 22.8 Å². The van der Waals surface area contributed by atoms with Gasteiger partial charge in [0.1, 0.15) is 11.5 Å². The van der Waals surface area contributed by atoms with E-state index in [0.717, 1.165) is 6.07 Å². The van der Waals surface area contributed by atoms with Gasteiger partial charge >= 0.3 is 5.97 Å². The Kier molecular flexibility index (Phi) is 3.84. The van der Waals surface area contributed by atoms with Crippen LogP contribution < -0.4 is 5.43 Å². The maximum absolute atomic E-state index is 13.8. The van der Waals surface area contributed by atoms with E-state index in [4.69, 9.17) is 5.11 Å². The van der Waals surface area contributed by atoms with E-state index in [2.05, 4.69) is 4.98 Å². The number of aliphatic carboxylic acids is 1. The van der Waals surface area contributed by atoms with Gasteiger partial charge in [0.2, 0.25) is 0 Å². The lowest BCUT2D eigenvalue weighted by atomic mass is 9.91. The van der Waals surface area contributed by atoms with Gasteiger partial charge in [0, 0.05) is 37.4 Å². The summed E-state index contributed by atoms with van der Waals surface area (Å²) in [5, 5.41) is 19.0. The molecule has 1 aromatic heterocycles. The highest BCUT2D eigenvalue weighted by atomic mass is 19.1. The quantitative estimate of drug-likeness (QED) is 0.749. The summed E-state index contributed by atoms with van der Waals surface area (Å²) in [5.74, 6) is -2.50. The molecule has 24 heavy (non-hydrogen) atoms. The van der Waals surface area contributed by atoms with Gasteiger partial charge in [-0.3, -0.25) is 9.59 Å². The van der Waals surface area contributed by atoms with Crippen LogP contribution in [0.3, 0.4) is 0 Å². The van der Waals surface area contributed by atoms with Crippen LogP contribution >= 0.6 is 0 Å². The summed E-state index contributed by atoms with van der Waals surface area (Å²) >= 11 is 0. The molecule has 0 spiro atoms. The monoisotopic (exact) mass is 334 g/mol. The lowest BCUT2D eigenvalue weighted by Crippen LogP contribution is -2.51. The second-order valence-electron chi connectivity index (χ2n) is 5.84. The van der Waals surface area contributed by atoms with E-state index >= 15 is 0 Å². The number of carbonyl (C=O) groups excluding carboxylic acids is 1. The fourth-order valence-corrected chi connectivity index (χ4v) is 2.82. The third kappa shape index (κ3) is 2.65. The van der Waals surface area contributed by atoms with Gasteiger partial charge in [0.05, 0.1) is 5.52 Å². The topological polar surface area (TPSA) is 111 Å². The van der Waals surface area contributed by atoms with Crippen molar-refractivity contribution in [2.75, 3.05) is 13.1 Å². The van der Waals surface area contributed by atoms with Crippen LogP contribution in [0.4, 0.5) is 4.39 Å². The van der Waals surface area contributed by atoms with Gasteiger partial charge in [-0.15, -0.1) is 0 Å². The number of hydrogen-bond donors (Lipinski definition) is 3. The molecule has 0 unspecified atom stereocenters. The zero-order chi connectivity index (χ0) is 17.5. The van der Waals surface area contributed by atoms with E-state index in [-0.39, 0.29) is 42.5 Å². The predicted molar refractivity (Wildman–Crippen MR) is 82.2 cm³/mol. The molecule has 3 N–H and O–H groups in total. The number of aliphatic hydroxyl groups is 1. The number of nitrogens with zero attached hydrogens (tertiary/aromatic N) is 1. The number of halogens is 1. The van der Waals surface area contributed by atoms with Gasteiger partial charge in [0.25, 0.3) is 5.91 Å². The lowest BCUT2D eigenvalue weighted by Gasteiger charge is -2.35. The molecule has 1 amide bonds. The number of rotatable bonds is 2. The van der Waals surface area contributed by atoms with Gasteiger partial charge < -0.3 is 20.1 Å². The number of piperidine rings is 1. The molecule has 1 aliphatic heterocycles. The molecule has 0 bridgehead atoms. The van der Waals surface area contributed by atoms with Gasteiger partial charge in [-0.25, -0.2) is 9.18 Å². The van der Waals surface area contributed by atoms with E-state index in [1.54, 1.807) is 0 Å². The molecule has 1 aliphatic rings. The molecular formula is C16H15FN2O5. The molecular weight excluding hydrogens is 319 g/mol. The predicted octanol–water partition coefficient (Wildman–Crippen LogP) is 0.719. The third-order valence-corrected chi connectivity index (χ3v) is 4.32. The first-order chi connectivity index (χ1) is 11.3. The number of carboxylic acids is 1. The number of pyridine rings is 1. The van der Waals surface area contributed by atoms with Crippen molar-refractivity contribution < 1.29 is 24.2 Å². The van der Waals surface area contributed by atoms with Crippen molar-refractivity contribution in [2.24, 2.45) is 0 Å². The summed E-state index contributed by atoms with van der Waals surface area (Å²) in [6.07, 6.45) is -0.222. The summed E-state index contributed by atoms with van der Waals surface area (Å²) in [5.41, 5.74) is -2.45. The summed E-state index contributed by atoms with van der Waals surface area (Å²) < 4.78 is 13.8. The third-order valence-electron chi connectivity index (χ3n) is 4.32. The standard InChI is InChI=1S/C16H15FN2O5/c17-10-3-1-2-9-12(20)8-11(18-13(9)10)14(21)19-6-4-16(24,5-7-19)15(22)23/h1-3,8,24H,4-7H2,(H,18,20)(H,22,23). The minimum atomic E-state index is -1.85. The van der Waals surface area contributed by atoms with E-state index in [1.807, 2.05) is 0 Å². The zero-order valence-corrected chi connectivity index (χ0v) is 12.6. The first kappa shape index (κ1) is 16.1. The molecule has 8 heteroatoms. The van der Waals surface area contributed by atoms with Crippen LogP contribution in [0.1, 0.15) is 23.3 Å². The number of para-hydroxylation sites is 1. The van der Waals surface area contributed by atoms with Crippen LogP contribution in [0, 0.1) is 5.82 Å². The number of aromatic nitrogens is 1. The number of hydrogen-bond acceptors (Lipinski definition) is 4. The van der Waals surface area contributed by atoms with Gasteiger partial charge in [-0.2, -0.15) is 0 Å². The van der Waals surface area contributed by atoms with E-state index in [0.29, 0.717) is 0 Å². The second kappa shape index (κ2) is 5.72. The smallest absolute Gasteiger partial charge is 0.335 e. The van der Waals surface area contributed by atoms with Gasteiger partial charge in [0.15, 0.2) is 11.0 Å². The number of carbonyl (C=O) groups is 2. The summed E-state index contributed by atoms with van der Waals surface area (Å²) in [6, 6.07) is 5.15. The normalized spacial score (nSPS) is 17.0. The van der Waals surface area contributed by atoms with Crippen molar-refractivity contribution in [1.29, 1.82) is 0 Å². The number of likely N-dealkylation sites (tertiary alicyclic amines) is 1. The number of amides is 1.